The number of nitrogens with zero attached hydrogens (tertiary/aromatic N) is 1. The minimum atomic E-state index is -0.347. The zero-order valence-electron chi connectivity index (χ0n) is 10.7. The van der Waals surface area contributed by atoms with Crippen molar-refractivity contribution in [3.05, 3.63) is 34.4 Å². The first kappa shape index (κ1) is 14.2. The number of ether oxygens (including phenoxy) is 1. The number of aliphatic hydroxyl groups excluding tert-OH is 1. The number of esters is 1. The summed E-state index contributed by atoms with van der Waals surface area (Å²) in [5.74, 6) is -0.347. The molecule has 1 aromatic rings. The van der Waals surface area contributed by atoms with Gasteiger partial charge in [-0.3, -0.25) is 4.79 Å². The Bertz CT molecular complexity index is 475. The summed E-state index contributed by atoms with van der Waals surface area (Å²) in [5, 5.41) is 18.5. The van der Waals surface area contributed by atoms with Crippen LogP contribution in [0.2, 0.25) is 0 Å². The molecule has 0 aromatic heterocycles. The van der Waals surface area contributed by atoms with Gasteiger partial charge < -0.3 is 9.84 Å². The maximum atomic E-state index is 11.4. The first-order chi connectivity index (χ1) is 8.67. The third-order valence-electron chi connectivity index (χ3n) is 2.79. The molecule has 0 unspecified atom stereocenters. The lowest BCUT2D eigenvalue weighted by atomic mass is 9.94. The zero-order chi connectivity index (χ0) is 13.5. The number of benzene rings is 1. The van der Waals surface area contributed by atoms with Crippen molar-refractivity contribution in [1.82, 2.24) is 0 Å². The minimum Gasteiger partial charge on any atom is -0.466 e. The standard InChI is InChI=1S/C14H17NO3/c1-3-10-5-6-11(7-14(17)18-4-2)13(9-16)12(10)8-15/h5-6,16H,3-4,7,9H2,1-2H3. The Kier molecular flexibility index (Phi) is 5.34. The van der Waals surface area contributed by atoms with Crippen LogP contribution in [0.25, 0.3) is 0 Å². The number of nitriles is 1. The van der Waals surface area contributed by atoms with E-state index in [4.69, 9.17) is 10.00 Å². The maximum Gasteiger partial charge on any atom is 0.310 e. The molecule has 0 aliphatic heterocycles. The monoisotopic (exact) mass is 247 g/mol. The summed E-state index contributed by atoms with van der Waals surface area (Å²) in [6, 6.07) is 5.71. The van der Waals surface area contributed by atoms with Crippen LogP contribution in [-0.4, -0.2) is 17.7 Å². The van der Waals surface area contributed by atoms with Gasteiger partial charge in [-0.25, -0.2) is 0 Å². The lowest BCUT2D eigenvalue weighted by Crippen LogP contribution is -2.11. The highest BCUT2D eigenvalue weighted by Gasteiger charge is 2.14. The van der Waals surface area contributed by atoms with E-state index in [0.717, 1.165) is 12.0 Å². The minimum absolute atomic E-state index is 0.0857. The summed E-state index contributed by atoms with van der Waals surface area (Å²) in [4.78, 5) is 11.4. The molecule has 0 heterocycles. The van der Waals surface area contributed by atoms with Crippen LogP contribution in [0.5, 0.6) is 0 Å². The summed E-state index contributed by atoms with van der Waals surface area (Å²) in [5.41, 5.74) is 2.55. The number of aryl methyl sites for hydroxylation is 1. The molecule has 4 heteroatoms. The Morgan fingerprint density at radius 2 is 2.06 bits per heavy atom. The van der Waals surface area contributed by atoms with Crippen LogP contribution in [0.1, 0.15) is 36.1 Å². The molecule has 0 amide bonds. The number of carbonyl (C=O) groups is 1. The van der Waals surface area contributed by atoms with Gasteiger partial charge in [-0.15, -0.1) is 0 Å². The summed E-state index contributed by atoms with van der Waals surface area (Å²) in [6.45, 7) is 3.77. The number of rotatable bonds is 5. The fourth-order valence-electron chi connectivity index (χ4n) is 1.89. The molecule has 0 aliphatic carbocycles. The van der Waals surface area contributed by atoms with Crippen LogP contribution < -0.4 is 0 Å². The summed E-state index contributed by atoms with van der Waals surface area (Å²) < 4.78 is 4.87. The summed E-state index contributed by atoms with van der Waals surface area (Å²) in [6.07, 6.45) is 0.804. The largest absolute Gasteiger partial charge is 0.466 e. The Morgan fingerprint density at radius 3 is 2.56 bits per heavy atom. The molecule has 0 bridgehead atoms. The van der Waals surface area contributed by atoms with Gasteiger partial charge in [-0.05, 0) is 30.0 Å². The zero-order valence-corrected chi connectivity index (χ0v) is 10.7. The van der Waals surface area contributed by atoms with E-state index in [9.17, 15) is 9.90 Å². The molecule has 0 spiro atoms. The second-order valence-electron chi connectivity index (χ2n) is 3.84. The van der Waals surface area contributed by atoms with Crippen LogP contribution >= 0.6 is 0 Å². The van der Waals surface area contributed by atoms with E-state index in [2.05, 4.69) is 6.07 Å². The molecule has 0 atom stereocenters. The Balaban J connectivity index is 3.14. The van der Waals surface area contributed by atoms with Crippen molar-refractivity contribution >= 4 is 5.97 Å². The van der Waals surface area contributed by atoms with Gasteiger partial charge in [0.25, 0.3) is 0 Å². The molecule has 0 fully saturated rings. The lowest BCUT2D eigenvalue weighted by Gasteiger charge is -2.12. The first-order valence-corrected chi connectivity index (χ1v) is 5.98. The Labute approximate surface area is 107 Å². The molecule has 0 aliphatic rings. The highest BCUT2D eigenvalue weighted by molar-refractivity contribution is 5.73. The molecule has 1 aromatic carbocycles. The average molecular weight is 247 g/mol. The van der Waals surface area contributed by atoms with E-state index in [1.165, 1.54) is 0 Å². The molecule has 1 rings (SSSR count). The molecule has 0 saturated heterocycles. The molecule has 0 saturated carbocycles. The second-order valence-corrected chi connectivity index (χ2v) is 3.84. The van der Waals surface area contributed by atoms with Crippen LogP contribution in [0.3, 0.4) is 0 Å². The van der Waals surface area contributed by atoms with E-state index in [1.54, 1.807) is 13.0 Å². The van der Waals surface area contributed by atoms with Gasteiger partial charge in [0, 0.05) is 0 Å². The van der Waals surface area contributed by atoms with Gasteiger partial charge in [0.1, 0.15) is 0 Å². The molecular formula is C14H17NO3. The SMILES string of the molecule is CCOC(=O)Cc1ccc(CC)c(C#N)c1CO. The predicted octanol–water partition coefficient (Wildman–Crippen LogP) is 1.72. The van der Waals surface area contributed by atoms with Crippen molar-refractivity contribution in [1.29, 1.82) is 5.26 Å². The van der Waals surface area contributed by atoms with Crippen LogP contribution in [0, 0.1) is 11.3 Å². The van der Waals surface area contributed by atoms with Gasteiger partial charge in [0.15, 0.2) is 0 Å². The van der Waals surface area contributed by atoms with Crippen molar-refractivity contribution < 1.29 is 14.6 Å². The van der Waals surface area contributed by atoms with Crippen LogP contribution in [0.4, 0.5) is 0 Å². The highest BCUT2D eigenvalue weighted by Crippen LogP contribution is 2.20. The number of aliphatic hydroxyl groups is 1. The van der Waals surface area contributed by atoms with E-state index < -0.39 is 0 Å². The van der Waals surface area contributed by atoms with Crippen LogP contribution in [-0.2, 0) is 29.0 Å². The number of hydrogen-bond donors (Lipinski definition) is 1. The molecule has 0 radical (unpaired) electrons. The topological polar surface area (TPSA) is 70.3 Å². The fourth-order valence-corrected chi connectivity index (χ4v) is 1.89. The van der Waals surface area contributed by atoms with Gasteiger partial charge >= 0.3 is 5.97 Å². The van der Waals surface area contributed by atoms with E-state index in [-0.39, 0.29) is 19.0 Å². The fraction of sp³-hybridized carbons (Fsp3) is 0.429. The van der Waals surface area contributed by atoms with Crippen molar-refractivity contribution in [2.75, 3.05) is 6.61 Å². The van der Waals surface area contributed by atoms with E-state index >= 15 is 0 Å². The van der Waals surface area contributed by atoms with Gasteiger partial charge in [-0.2, -0.15) is 5.26 Å². The summed E-state index contributed by atoms with van der Waals surface area (Å²) >= 11 is 0. The quantitative estimate of drug-likeness (QED) is 0.804. The molecular weight excluding hydrogens is 230 g/mol. The van der Waals surface area contributed by atoms with Crippen LogP contribution in [0.15, 0.2) is 12.1 Å². The van der Waals surface area contributed by atoms with Crippen molar-refractivity contribution in [2.24, 2.45) is 0 Å². The van der Waals surface area contributed by atoms with Crippen molar-refractivity contribution in [2.45, 2.75) is 33.3 Å². The third kappa shape index (κ3) is 3.08. The second kappa shape index (κ2) is 6.77. The Morgan fingerprint density at radius 1 is 1.39 bits per heavy atom. The van der Waals surface area contributed by atoms with E-state index in [1.807, 2.05) is 13.0 Å². The first-order valence-electron chi connectivity index (χ1n) is 5.98. The van der Waals surface area contributed by atoms with Gasteiger partial charge in [-0.1, -0.05) is 19.1 Å². The molecule has 4 nitrogen and oxygen atoms in total. The van der Waals surface area contributed by atoms with Gasteiger partial charge in [0.2, 0.25) is 0 Å². The van der Waals surface area contributed by atoms with Crippen molar-refractivity contribution in [3.63, 3.8) is 0 Å². The van der Waals surface area contributed by atoms with Crippen molar-refractivity contribution in [3.8, 4) is 6.07 Å². The number of hydrogen-bond acceptors (Lipinski definition) is 4. The molecule has 1 N–H and O–H groups in total. The Hall–Kier alpha value is -1.86. The molecule has 96 valence electrons. The lowest BCUT2D eigenvalue weighted by molar-refractivity contribution is -0.142. The average Bonchev–Trinajstić information content (AvgIpc) is 2.38. The predicted molar refractivity (Wildman–Crippen MR) is 66.8 cm³/mol. The van der Waals surface area contributed by atoms with Gasteiger partial charge in [0.05, 0.1) is 31.3 Å². The molecule has 18 heavy (non-hydrogen) atoms. The normalized spacial score (nSPS) is 9.89. The smallest absolute Gasteiger partial charge is 0.310 e. The highest BCUT2D eigenvalue weighted by atomic mass is 16.5. The number of carbonyl (C=O) groups excluding carboxylic acids is 1. The maximum absolute atomic E-state index is 11.4. The van der Waals surface area contributed by atoms with E-state index in [0.29, 0.717) is 23.3 Å². The summed E-state index contributed by atoms with van der Waals surface area (Å²) in [7, 11) is 0. The third-order valence-corrected chi connectivity index (χ3v) is 2.79.